The minimum atomic E-state index is -0.469. The van der Waals surface area contributed by atoms with Crippen molar-refractivity contribution in [3.63, 3.8) is 0 Å². The van der Waals surface area contributed by atoms with Crippen LogP contribution in [0.4, 0.5) is 0 Å². The first kappa shape index (κ1) is 24.7. The van der Waals surface area contributed by atoms with Gasteiger partial charge in [0.05, 0.1) is 11.6 Å². The Morgan fingerprint density at radius 1 is 1.03 bits per heavy atom. The number of hydrogen-bond acceptors (Lipinski definition) is 5. The number of benzene rings is 3. The molecule has 170 valence electrons. The van der Waals surface area contributed by atoms with Gasteiger partial charge in [-0.3, -0.25) is 25.8 Å². The van der Waals surface area contributed by atoms with E-state index in [-0.39, 0.29) is 11.7 Å². The summed E-state index contributed by atoms with van der Waals surface area (Å²) in [5.74, 6) is 0.339. The van der Waals surface area contributed by atoms with Crippen molar-refractivity contribution in [2.75, 3.05) is 13.7 Å². The standard InChI is InChI=1S/C23H19Br2N3O4S/c1-31-17-7-2-14(3-8-17)4-11-20(29)26-23(33)28-27-21(30)13-32-19-10-5-15-12-16(24)6-9-18(15)22(19)25/h2-12H,13H2,1H3,(H,27,30)(H2,26,28,29,33). The number of amides is 2. The Morgan fingerprint density at radius 3 is 2.52 bits per heavy atom. The Labute approximate surface area is 212 Å². The normalized spacial score (nSPS) is 10.6. The number of methoxy groups -OCH3 is 1. The van der Waals surface area contributed by atoms with E-state index >= 15 is 0 Å². The van der Waals surface area contributed by atoms with Crippen LogP contribution >= 0.6 is 44.1 Å². The molecule has 0 aromatic heterocycles. The van der Waals surface area contributed by atoms with Crippen molar-refractivity contribution < 1.29 is 19.1 Å². The molecule has 3 N–H and O–H groups in total. The lowest BCUT2D eigenvalue weighted by Crippen LogP contribution is -2.49. The van der Waals surface area contributed by atoms with Crippen molar-refractivity contribution >= 4 is 77.9 Å². The van der Waals surface area contributed by atoms with Crippen LogP contribution in [0, 0.1) is 0 Å². The van der Waals surface area contributed by atoms with Gasteiger partial charge in [0.25, 0.3) is 5.91 Å². The lowest BCUT2D eigenvalue weighted by molar-refractivity contribution is -0.123. The number of thiocarbonyl (C=S) groups is 1. The third-order valence-electron chi connectivity index (χ3n) is 4.33. The second-order valence-corrected chi connectivity index (χ2v) is 8.75. The van der Waals surface area contributed by atoms with Gasteiger partial charge in [0.15, 0.2) is 11.7 Å². The van der Waals surface area contributed by atoms with Gasteiger partial charge in [0.2, 0.25) is 5.91 Å². The van der Waals surface area contributed by atoms with Crippen LogP contribution in [0.3, 0.4) is 0 Å². The van der Waals surface area contributed by atoms with E-state index in [9.17, 15) is 9.59 Å². The molecular formula is C23H19Br2N3O4S. The van der Waals surface area contributed by atoms with Crippen molar-refractivity contribution in [1.29, 1.82) is 0 Å². The summed E-state index contributed by atoms with van der Waals surface area (Å²) < 4.78 is 12.4. The fraction of sp³-hybridized carbons (Fsp3) is 0.0870. The van der Waals surface area contributed by atoms with E-state index in [0.717, 1.165) is 31.0 Å². The largest absolute Gasteiger partial charge is 0.497 e. The number of halogens is 2. The number of ether oxygens (including phenoxy) is 2. The second-order valence-electron chi connectivity index (χ2n) is 6.63. The molecule has 3 aromatic carbocycles. The zero-order valence-electron chi connectivity index (χ0n) is 17.4. The quantitative estimate of drug-likeness (QED) is 0.222. The maximum atomic E-state index is 12.1. The molecule has 0 spiro atoms. The molecule has 0 unspecified atom stereocenters. The third kappa shape index (κ3) is 7.28. The first-order valence-electron chi connectivity index (χ1n) is 9.58. The minimum Gasteiger partial charge on any atom is -0.497 e. The lowest BCUT2D eigenvalue weighted by Gasteiger charge is -2.12. The summed E-state index contributed by atoms with van der Waals surface area (Å²) in [6, 6.07) is 16.7. The van der Waals surface area contributed by atoms with Gasteiger partial charge in [-0.05, 0) is 80.9 Å². The maximum Gasteiger partial charge on any atom is 0.276 e. The van der Waals surface area contributed by atoms with Crippen molar-refractivity contribution in [2.45, 2.75) is 0 Å². The molecule has 0 aliphatic carbocycles. The first-order chi connectivity index (χ1) is 15.9. The number of fused-ring (bicyclic) bond motifs is 1. The van der Waals surface area contributed by atoms with Crippen LogP contribution in [0.15, 0.2) is 69.6 Å². The van der Waals surface area contributed by atoms with Crippen molar-refractivity contribution in [3.05, 3.63) is 75.2 Å². The molecule has 3 aromatic rings. The van der Waals surface area contributed by atoms with E-state index in [1.54, 1.807) is 31.4 Å². The Hall–Kier alpha value is -2.95. The summed E-state index contributed by atoms with van der Waals surface area (Å²) >= 11 is 12.0. The van der Waals surface area contributed by atoms with E-state index in [4.69, 9.17) is 21.7 Å². The number of carbonyl (C=O) groups is 2. The number of rotatable bonds is 6. The van der Waals surface area contributed by atoms with Crippen LogP contribution in [-0.4, -0.2) is 30.6 Å². The predicted octanol–water partition coefficient (Wildman–Crippen LogP) is 4.49. The molecule has 0 saturated heterocycles. The topological polar surface area (TPSA) is 88.7 Å². The van der Waals surface area contributed by atoms with Crippen molar-refractivity contribution in [2.24, 2.45) is 0 Å². The van der Waals surface area contributed by atoms with Crippen LogP contribution in [-0.2, 0) is 9.59 Å². The Bertz CT molecular complexity index is 1220. The van der Waals surface area contributed by atoms with Crippen LogP contribution in [0.1, 0.15) is 5.56 Å². The molecule has 0 fully saturated rings. The summed E-state index contributed by atoms with van der Waals surface area (Å²) in [5, 5.41) is 4.37. The van der Waals surface area contributed by atoms with Crippen LogP contribution in [0.5, 0.6) is 11.5 Å². The van der Waals surface area contributed by atoms with Crippen LogP contribution in [0.25, 0.3) is 16.8 Å². The molecule has 0 heterocycles. The summed E-state index contributed by atoms with van der Waals surface area (Å²) in [5.41, 5.74) is 5.67. The average molecular weight is 593 g/mol. The van der Waals surface area contributed by atoms with Gasteiger partial charge in [-0.2, -0.15) is 0 Å². The summed E-state index contributed by atoms with van der Waals surface area (Å²) in [4.78, 5) is 24.0. The smallest absolute Gasteiger partial charge is 0.276 e. The highest BCUT2D eigenvalue weighted by Crippen LogP contribution is 2.34. The highest BCUT2D eigenvalue weighted by molar-refractivity contribution is 9.11. The molecular weight excluding hydrogens is 574 g/mol. The fourth-order valence-corrected chi connectivity index (χ4v) is 3.87. The lowest BCUT2D eigenvalue weighted by atomic mass is 10.1. The molecule has 0 aliphatic heterocycles. The SMILES string of the molecule is COc1ccc(C=CC(=O)NC(=S)NNC(=O)COc2ccc3cc(Br)ccc3c2Br)cc1. The molecule has 7 nitrogen and oxygen atoms in total. The molecule has 2 amide bonds. The first-order valence-corrected chi connectivity index (χ1v) is 11.6. The average Bonchev–Trinajstić information content (AvgIpc) is 2.81. The molecule has 0 bridgehead atoms. The van der Waals surface area contributed by atoms with Gasteiger partial charge in [-0.1, -0.05) is 40.2 Å². The van der Waals surface area contributed by atoms with E-state index in [0.29, 0.717) is 5.75 Å². The molecule has 33 heavy (non-hydrogen) atoms. The molecule has 0 saturated carbocycles. The highest BCUT2D eigenvalue weighted by atomic mass is 79.9. The van der Waals surface area contributed by atoms with Crippen LogP contribution in [0.2, 0.25) is 0 Å². The summed E-state index contributed by atoms with van der Waals surface area (Å²) in [6.07, 6.45) is 2.96. The van der Waals surface area contributed by atoms with E-state index in [1.165, 1.54) is 6.08 Å². The summed E-state index contributed by atoms with van der Waals surface area (Å²) in [6.45, 7) is -0.248. The summed E-state index contributed by atoms with van der Waals surface area (Å²) in [7, 11) is 1.58. The Morgan fingerprint density at radius 2 is 1.79 bits per heavy atom. The molecule has 0 radical (unpaired) electrons. The van der Waals surface area contributed by atoms with Gasteiger partial charge in [0, 0.05) is 10.5 Å². The number of hydrazine groups is 1. The predicted molar refractivity (Wildman–Crippen MR) is 139 cm³/mol. The van der Waals surface area contributed by atoms with Crippen LogP contribution < -0.4 is 25.6 Å². The second kappa shape index (κ2) is 11.8. The molecule has 0 atom stereocenters. The van der Waals surface area contributed by atoms with Gasteiger partial charge < -0.3 is 9.47 Å². The number of nitrogens with one attached hydrogen (secondary N) is 3. The van der Waals surface area contributed by atoms with Crippen molar-refractivity contribution in [3.8, 4) is 11.5 Å². The highest BCUT2D eigenvalue weighted by Gasteiger charge is 2.10. The minimum absolute atomic E-state index is 0.0507. The third-order valence-corrected chi connectivity index (χ3v) is 5.85. The van der Waals surface area contributed by atoms with E-state index < -0.39 is 11.8 Å². The monoisotopic (exact) mass is 591 g/mol. The number of carbonyl (C=O) groups excluding carboxylic acids is 2. The molecule has 10 heteroatoms. The zero-order chi connectivity index (χ0) is 23.8. The fourth-order valence-electron chi connectivity index (χ4n) is 2.73. The Balaban J connectivity index is 1.43. The van der Waals surface area contributed by atoms with Gasteiger partial charge in [-0.25, -0.2) is 0 Å². The molecule has 0 aliphatic rings. The molecule has 3 rings (SSSR count). The van der Waals surface area contributed by atoms with Crippen molar-refractivity contribution in [1.82, 2.24) is 16.2 Å². The van der Waals surface area contributed by atoms with Gasteiger partial charge >= 0.3 is 0 Å². The maximum absolute atomic E-state index is 12.1. The van der Waals surface area contributed by atoms with E-state index in [2.05, 4.69) is 48.0 Å². The zero-order valence-corrected chi connectivity index (χ0v) is 21.3. The van der Waals surface area contributed by atoms with Gasteiger partial charge in [-0.15, -0.1) is 0 Å². The van der Waals surface area contributed by atoms with Gasteiger partial charge in [0.1, 0.15) is 11.5 Å². The number of hydrogen-bond donors (Lipinski definition) is 3. The Kier molecular flexibility index (Phi) is 8.81. The van der Waals surface area contributed by atoms with E-state index in [1.807, 2.05) is 36.4 Å².